The number of pyridine rings is 1. The molecular weight excluding hydrogens is 300 g/mol. The number of piperazine rings is 1. The zero-order valence-electron chi connectivity index (χ0n) is 14.9. The minimum atomic E-state index is 0.247. The van der Waals surface area contributed by atoms with E-state index in [0.717, 1.165) is 64.2 Å². The van der Waals surface area contributed by atoms with E-state index in [1.54, 1.807) is 6.20 Å². The summed E-state index contributed by atoms with van der Waals surface area (Å²) in [6, 6.07) is 6.21. The van der Waals surface area contributed by atoms with Gasteiger partial charge in [0.05, 0.1) is 6.42 Å². The molecule has 1 amide bonds. The first kappa shape index (κ1) is 17.4. The molecule has 0 radical (unpaired) electrons. The third kappa shape index (κ3) is 4.77. The summed E-state index contributed by atoms with van der Waals surface area (Å²) in [7, 11) is 2.19. The first-order valence-electron chi connectivity index (χ1n) is 9.32. The maximum Gasteiger partial charge on any atom is 0.228 e. The normalized spacial score (nSPS) is 23.4. The van der Waals surface area contributed by atoms with Gasteiger partial charge in [-0.3, -0.25) is 9.78 Å². The van der Waals surface area contributed by atoms with Gasteiger partial charge in [0.2, 0.25) is 5.91 Å². The molecule has 0 N–H and O–H groups in total. The average molecular weight is 330 g/mol. The largest absolute Gasteiger partial charge is 0.339 e. The summed E-state index contributed by atoms with van der Waals surface area (Å²) in [4.78, 5) is 24.1. The number of piperidine rings is 1. The van der Waals surface area contributed by atoms with Crippen molar-refractivity contribution in [1.82, 2.24) is 19.7 Å². The van der Waals surface area contributed by atoms with Crippen molar-refractivity contribution in [1.29, 1.82) is 0 Å². The van der Waals surface area contributed by atoms with Crippen molar-refractivity contribution in [3.05, 3.63) is 30.1 Å². The molecule has 0 aliphatic carbocycles. The Balaban J connectivity index is 1.52. The highest BCUT2D eigenvalue weighted by Crippen LogP contribution is 2.21. The molecule has 1 aromatic heterocycles. The van der Waals surface area contributed by atoms with Gasteiger partial charge in [-0.25, -0.2) is 0 Å². The van der Waals surface area contributed by atoms with Gasteiger partial charge in [0.25, 0.3) is 0 Å². The number of hydrogen-bond donors (Lipinski definition) is 0. The Morgan fingerprint density at radius 3 is 2.75 bits per heavy atom. The quantitative estimate of drug-likeness (QED) is 0.823. The zero-order valence-corrected chi connectivity index (χ0v) is 14.9. The van der Waals surface area contributed by atoms with Crippen molar-refractivity contribution in [3.63, 3.8) is 0 Å². The summed E-state index contributed by atoms with van der Waals surface area (Å²) < 4.78 is 0. The highest BCUT2D eigenvalue weighted by molar-refractivity contribution is 5.78. The van der Waals surface area contributed by atoms with E-state index in [0.29, 0.717) is 12.5 Å². The van der Waals surface area contributed by atoms with Crippen LogP contribution in [0.5, 0.6) is 0 Å². The molecule has 132 valence electrons. The Morgan fingerprint density at radius 2 is 2.00 bits per heavy atom. The zero-order chi connectivity index (χ0) is 16.8. The van der Waals surface area contributed by atoms with E-state index >= 15 is 0 Å². The minimum Gasteiger partial charge on any atom is -0.339 e. The lowest BCUT2D eigenvalue weighted by Crippen LogP contribution is -2.48. The molecule has 0 saturated carbocycles. The fourth-order valence-corrected chi connectivity index (χ4v) is 3.79. The van der Waals surface area contributed by atoms with E-state index in [1.807, 2.05) is 18.2 Å². The van der Waals surface area contributed by atoms with E-state index in [-0.39, 0.29) is 5.91 Å². The second-order valence-electron chi connectivity index (χ2n) is 7.17. The van der Waals surface area contributed by atoms with Crippen molar-refractivity contribution in [3.8, 4) is 0 Å². The number of aromatic nitrogens is 1. The van der Waals surface area contributed by atoms with Crippen molar-refractivity contribution in [2.75, 3.05) is 46.3 Å². The van der Waals surface area contributed by atoms with E-state index in [9.17, 15) is 4.79 Å². The maximum atomic E-state index is 12.7. The third-order valence-electron chi connectivity index (χ3n) is 5.38. The van der Waals surface area contributed by atoms with Crippen LogP contribution in [-0.4, -0.2) is 77.9 Å². The van der Waals surface area contributed by atoms with Gasteiger partial charge < -0.3 is 14.7 Å². The van der Waals surface area contributed by atoms with Gasteiger partial charge in [0.1, 0.15) is 0 Å². The predicted molar refractivity (Wildman–Crippen MR) is 95.8 cm³/mol. The third-order valence-corrected chi connectivity index (χ3v) is 5.38. The number of likely N-dealkylation sites (tertiary alicyclic amines) is 1. The molecule has 0 spiro atoms. The highest BCUT2D eigenvalue weighted by atomic mass is 16.2. The van der Waals surface area contributed by atoms with Gasteiger partial charge in [-0.2, -0.15) is 0 Å². The summed E-state index contributed by atoms with van der Waals surface area (Å²) in [5.74, 6) is 0.247. The van der Waals surface area contributed by atoms with Crippen LogP contribution in [0, 0.1) is 0 Å². The van der Waals surface area contributed by atoms with Crippen LogP contribution in [0.25, 0.3) is 0 Å². The molecule has 0 unspecified atom stereocenters. The van der Waals surface area contributed by atoms with E-state index in [1.165, 1.54) is 6.42 Å². The predicted octanol–water partition coefficient (Wildman–Crippen LogP) is 1.64. The van der Waals surface area contributed by atoms with Gasteiger partial charge in [-0.05, 0) is 44.9 Å². The fraction of sp³-hybridized carbons (Fsp3) is 0.684. The topological polar surface area (TPSA) is 39.7 Å². The molecule has 2 fully saturated rings. The Labute approximate surface area is 145 Å². The number of likely N-dealkylation sites (N-methyl/N-ethyl adjacent to an activating group) is 1. The van der Waals surface area contributed by atoms with Crippen LogP contribution < -0.4 is 0 Å². The standard InChI is InChI=1S/C19H30N4O/c1-21-12-14-22(15-13-21)11-8-18-7-3-5-10-23(18)19(24)16-17-6-2-4-9-20-17/h2,4,6,9,18H,3,5,7-8,10-16H2,1H3/t18-/m0/s1. The minimum absolute atomic E-state index is 0.247. The molecule has 3 rings (SSSR count). The molecular formula is C19H30N4O. The Morgan fingerprint density at radius 1 is 1.17 bits per heavy atom. The van der Waals surface area contributed by atoms with Crippen molar-refractivity contribution < 1.29 is 4.79 Å². The summed E-state index contributed by atoms with van der Waals surface area (Å²) in [5, 5.41) is 0. The molecule has 3 heterocycles. The smallest absolute Gasteiger partial charge is 0.228 e. The van der Waals surface area contributed by atoms with Crippen LogP contribution in [0.15, 0.2) is 24.4 Å². The SMILES string of the molecule is CN1CCN(CC[C@@H]2CCCCN2C(=O)Cc2ccccn2)CC1. The highest BCUT2D eigenvalue weighted by Gasteiger charge is 2.27. The van der Waals surface area contributed by atoms with Gasteiger partial charge in [-0.1, -0.05) is 6.07 Å². The lowest BCUT2D eigenvalue weighted by Gasteiger charge is -2.38. The number of hydrogen-bond acceptors (Lipinski definition) is 4. The Bertz CT molecular complexity index is 513. The first-order chi connectivity index (χ1) is 11.7. The van der Waals surface area contributed by atoms with E-state index < -0.39 is 0 Å². The maximum absolute atomic E-state index is 12.7. The second kappa shape index (κ2) is 8.58. The van der Waals surface area contributed by atoms with Crippen molar-refractivity contribution >= 4 is 5.91 Å². The van der Waals surface area contributed by atoms with Crippen LogP contribution >= 0.6 is 0 Å². The summed E-state index contributed by atoms with van der Waals surface area (Å²) in [5.41, 5.74) is 0.880. The van der Waals surface area contributed by atoms with Gasteiger partial charge in [-0.15, -0.1) is 0 Å². The van der Waals surface area contributed by atoms with E-state index in [4.69, 9.17) is 0 Å². The summed E-state index contributed by atoms with van der Waals surface area (Å²) in [6.45, 7) is 6.67. The van der Waals surface area contributed by atoms with Crippen molar-refractivity contribution in [2.45, 2.75) is 38.1 Å². The summed E-state index contributed by atoms with van der Waals surface area (Å²) in [6.07, 6.45) is 6.86. The first-order valence-corrected chi connectivity index (χ1v) is 9.32. The monoisotopic (exact) mass is 330 g/mol. The molecule has 0 aromatic carbocycles. The number of nitrogens with zero attached hydrogens (tertiary/aromatic N) is 4. The number of amides is 1. The lowest BCUT2D eigenvalue weighted by atomic mass is 9.98. The molecule has 1 aromatic rings. The van der Waals surface area contributed by atoms with Gasteiger partial charge in [0, 0.05) is 57.2 Å². The van der Waals surface area contributed by atoms with Crippen LogP contribution in [0.4, 0.5) is 0 Å². The van der Waals surface area contributed by atoms with Crippen LogP contribution in [0.3, 0.4) is 0 Å². The number of carbonyl (C=O) groups is 1. The lowest BCUT2D eigenvalue weighted by molar-refractivity contribution is -0.134. The number of carbonyl (C=O) groups excluding carboxylic acids is 1. The van der Waals surface area contributed by atoms with Crippen LogP contribution in [0.1, 0.15) is 31.4 Å². The fourth-order valence-electron chi connectivity index (χ4n) is 3.79. The molecule has 2 aliphatic heterocycles. The van der Waals surface area contributed by atoms with Crippen molar-refractivity contribution in [2.24, 2.45) is 0 Å². The number of rotatable bonds is 5. The van der Waals surface area contributed by atoms with E-state index in [2.05, 4.69) is 26.7 Å². The Kier molecular flexibility index (Phi) is 6.21. The van der Waals surface area contributed by atoms with Gasteiger partial charge in [0.15, 0.2) is 0 Å². The van der Waals surface area contributed by atoms with Gasteiger partial charge >= 0.3 is 0 Å². The molecule has 2 aliphatic rings. The Hall–Kier alpha value is -1.46. The second-order valence-corrected chi connectivity index (χ2v) is 7.17. The molecule has 1 atom stereocenters. The van der Waals surface area contributed by atoms with Crippen LogP contribution in [0.2, 0.25) is 0 Å². The van der Waals surface area contributed by atoms with Crippen LogP contribution in [-0.2, 0) is 11.2 Å². The molecule has 5 heteroatoms. The molecule has 24 heavy (non-hydrogen) atoms. The average Bonchev–Trinajstić information content (AvgIpc) is 2.62. The summed E-state index contributed by atoms with van der Waals surface area (Å²) >= 11 is 0. The molecule has 5 nitrogen and oxygen atoms in total. The molecule has 2 saturated heterocycles. The molecule has 0 bridgehead atoms.